The van der Waals surface area contributed by atoms with E-state index in [1.807, 2.05) is 0 Å². The summed E-state index contributed by atoms with van der Waals surface area (Å²) in [5.74, 6) is 0.531. The third kappa shape index (κ3) is 25.7. The molecule has 0 aliphatic heterocycles. The largest absolute Gasteiger partial charge is 0.673 e. The van der Waals surface area contributed by atoms with Crippen molar-refractivity contribution in [2.45, 2.75) is 132 Å². The number of hydrogen-bond acceptors (Lipinski definition) is 4. The van der Waals surface area contributed by atoms with Crippen LogP contribution in [0, 0.1) is 22.1 Å². The predicted molar refractivity (Wildman–Crippen MR) is 146 cm³/mol. The van der Waals surface area contributed by atoms with E-state index in [-0.39, 0.29) is 34.0 Å². The van der Waals surface area contributed by atoms with E-state index in [0.717, 1.165) is 6.42 Å². The normalized spacial score (nSPS) is 13.0. The van der Waals surface area contributed by atoms with Crippen molar-refractivity contribution in [2.24, 2.45) is 12.9 Å². The first kappa shape index (κ1) is 36.0. The third-order valence-electron chi connectivity index (χ3n) is 3.73. The van der Waals surface area contributed by atoms with Crippen LogP contribution in [0.4, 0.5) is 5.69 Å². The zero-order valence-electron chi connectivity index (χ0n) is 24.6. The summed E-state index contributed by atoms with van der Waals surface area (Å²) in [6, 6.07) is 8.51. The van der Waals surface area contributed by atoms with Crippen LogP contribution in [0.2, 0.25) is 0 Å². The Morgan fingerprint density at radius 3 is 1.49 bits per heavy atom. The molecule has 7 nitrogen and oxygen atoms in total. The van der Waals surface area contributed by atoms with E-state index in [1.54, 1.807) is 0 Å². The van der Waals surface area contributed by atoms with Gasteiger partial charge < -0.3 is 10.6 Å². The molecule has 0 heterocycles. The van der Waals surface area contributed by atoms with Gasteiger partial charge in [-0.25, -0.2) is 6.17 Å². The van der Waals surface area contributed by atoms with E-state index in [9.17, 15) is 10.1 Å². The molecule has 1 aromatic rings. The maximum atomic E-state index is 9.99. The Kier molecular flexibility index (Phi) is 16.3. The van der Waals surface area contributed by atoms with Gasteiger partial charge in [0, 0.05) is 4.92 Å². The molecule has 204 valence electrons. The van der Waals surface area contributed by atoms with E-state index < -0.39 is 23.1 Å². The molecule has 0 aliphatic rings. The van der Waals surface area contributed by atoms with Crippen LogP contribution in [0.5, 0.6) is 0 Å². The quantitative estimate of drug-likeness (QED) is 0.152. The van der Waals surface area contributed by atoms with Gasteiger partial charge in [-0.3, -0.25) is 10.1 Å². The average Bonchev–Trinajstić information content (AvgIpc) is 2.64. The summed E-state index contributed by atoms with van der Waals surface area (Å²) in [7, 11) is 0. The van der Waals surface area contributed by atoms with Crippen LogP contribution in [0.25, 0.3) is 10.6 Å². The van der Waals surface area contributed by atoms with Crippen molar-refractivity contribution >= 4 is 5.69 Å². The minimum absolute atomic E-state index is 0.00282. The van der Waals surface area contributed by atoms with Gasteiger partial charge in [0.2, 0.25) is 0 Å². The molecule has 1 unspecified atom stereocenters. The first-order valence-electron chi connectivity index (χ1n) is 12.2. The topological polar surface area (TPSA) is 96.1 Å². The molecule has 8 heteroatoms. The molecule has 0 saturated heterocycles. The van der Waals surface area contributed by atoms with E-state index in [4.69, 9.17) is 10.6 Å². The third-order valence-corrected chi connectivity index (χ3v) is 6.83. The fraction of sp³-hybridized carbons (Fsp3) is 0.778. The van der Waals surface area contributed by atoms with Gasteiger partial charge in [0.25, 0.3) is 0 Å². The Hall–Kier alpha value is -1.17. The van der Waals surface area contributed by atoms with Gasteiger partial charge >= 0.3 is 77.8 Å². The van der Waals surface area contributed by atoms with E-state index in [0.29, 0.717) is 5.92 Å². The molecule has 0 spiro atoms. The molecule has 0 saturated carbocycles. The summed E-state index contributed by atoms with van der Waals surface area (Å²) in [6.07, 6.45) is 1.26. The summed E-state index contributed by atoms with van der Waals surface area (Å²) in [6.45, 7) is 30.0. The molecular formula is C27H50MoN5O2-3. The molecule has 0 bridgehead atoms. The molecule has 1 aromatic carbocycles. The van der Waals surface area contributed by atoms with Crippen LogP contribution < -0.4 is 0 Å². The van der Waals surface area contributed by atoms with Crippen molar-refractivity contribution in [3.05, 3.63) is 51.1 Å². The molecule has 0 fully saturated rings. The zero-order valence-corrected chi connectivity index (χ0v) is 26.6. The Balaban J connectivity index is 0. The van der Waals surface area contributed by atoms with Crippen molar-refractivity contribution in [1.82, 2.24) is 0 Å². The van der Waals surface area contributed by atoms with Gasteiger partial charge in [0.05, 0.1) is 0 Å². The van der Waals surface area contributed by atoms with Crippen LogP contribution in [0.1, 0.15) is 103 Å². The van der Waals surface area contributed by atoms with Gasteiger partial charge in [-0.05, 0) is 0 Å². The number of benzene rings is 1. The van der Waals surface area contributed by atoms with Crippen molar-refractivity contribution in [3.63, 3.8) is 0 Å². The van der Waals surface area contributed by atoms with Gasteiger partial charge in [-0.2, -0.15) is 18.2 Å². The summed E-state index contributed by atoms with van der Waals surface area (Å²) < 4.78 is 9.01. The number of nitrogens with zero attached hydrogens (tertiary/aromatic N) is 5. The minimum Gasteiger partial charge on any atom is -0.673 e. The van der Waals surface area contributed by atoms with Gasteiger partial charge in [0.1, 0.15) is 0 Å². The van der Waals surface area contributed by atoms with Crippen LogP contribution in [-0.2, 0) is 18.2 Å². The fourth-order valence-electron chi connectivity index (χ4n) is 2.05. The maximum Gasteiger partial charge on any atom is 0.166 e. The number of nitro groups is 1. The van der Waals surface area contributed by atoms with E-state index >= 15 is 0 Å². The number of rotatable bonds is 5. The SMILES string of the molecule is CC(C)(C)[N]=[Mo]=[N]C(C)(C)C.CCC(C)C([N-]C(C)(C)C)[N-]C(C)(C)C.O=[N+]([O-])c1cc[c-]cc1. The summed E-state index contributed by atoms with van der Waals surface area (Å²) in [4.78, 5) is 9.56. The minimum atomic E-state index is -0.473. The number of non-ortho nitro benzene ring substituents is 1. The van der Waals surface area contributed by atoms with Crippen LogP contribution >= 0.6 is 0 Å². The molecule has 0 amide bonds. The Morgan fingerprint density at radius 2 is 1.26 bits per heavy atom. The first-order chi connectivity index (χ1) is 15.6. The van der Waals surface area contributed by atoms with Crippen molar-refractivity contribution in [1.29, 1.82) is 0 Å². The van der Waals surface area contributed by atoms with Gasteiger partial charge in [-0.15, -0.1) is 11.1 Å². The average molecular weight is 573 g/mol. The molecule has 0 radical (unpaired) electrons. The van der Waals surface area contributed by atoms with E-state index in [2.05, 4.69) is 110 Å². The molecular weight excluding hydrogens is 522 g/mol. The monoisotopic (exact) mass is 574 g/mol. The molecule has 0 aliphatic carbocycles. The Morgan fingerprint density at radius 1 is 0.886 bits per heavy atom. The van der Waals surface area contributed by atoms with Crippen LogP contribution in [0.15, 0.2) is 31.3 Å². The standard InChI is InChI=1S/C13H28N2.C6H4NO2.2C4H9N.Mo/c1-9-10(2)11(14-12(3,4)5)15-13(6,7)8;8-7(9)6-4-2-1-3-5-6;2*1-4(2,3)5;/h10-11H,9H2,1-8H3;2-5H;2*1-3H3;/q-2;-1;;;. The Labute approximate surface area is 224 Å². The second-order valence-corrected chi connectivity index (χ2v) is 13.8. The number of nitro benzene ring substituents is 1. The smallest absolute Gasteiger partial charge is 0.166 e. The molecule has 0 N–H and O–H groups in total. The number of hydrogen-bond donors (Lipinski definition) is 0. The van der Waals surface area contributed by atoms with E-state index in [1.165, 1.54) is 24.3 Å². The first-order valence-corrected chi connectivity index (χ1v) is 14.0. The molecule has 1 rings (SSSR count). The fourth-order valence-corrected chi connectivity index (χ4v) is 3.36. The summed E-state index contributed by atoms with van der Waals surface area (Å²) >= 11 is -0.473. The molecule has 1 atom stereocenters. The van der Waals surface area contributed by atoms with Crippen molar-refractivity contribution in [2.75, 3.05) is 0 Å². The van der Waals surface area contributed by atoms with Crippen LogP contribution in [0.3, 0.4) is 0 Å². The summed E-state index contributed by atoms with van der Waals surface area (Å²) in [5, 5.41) is 19.6. The molecule has 0 aromatic heterocycles. The Bertz CT molecular complexity index is 745. The van der Waals surface area contributed by atoms with Crippen molar-refractivity contribution in [3.8, 4) is 0 Å². The maximum absolute atomic E-state index is 9.99. The summed E-state index contributed by atoms with van der Waals surface area (Å²) in [5.41, 5.74) is 0.327. The predicted octanol–water partition coefficient (Wildman–Crippen LogP) is 9.13. The zero-order chi connectivity index (χ0) is 28.1. The molecule has 35 heavy (non-hydrogen) atoms. The van der Waals surface area contributed by atoms with Crippen molar-refractivity contribution < 1.29 is 23.1 Å². The van der Waals surface area contributed by atoms with Gasteiger partial charge in [0.15, 0.2) is 5.69 Å². The second kappa shape index (κ2) is 15.8. The van der Waals surface area contributed by atoms with Crippen LogP contribution in [-0.4, -0.2) is 33.2 Å². The van der Waals surface area contributed by atoms with Gasteiger partial charge in [-0.1, -0.05) is 79.9 Å². The second-order valence-electron chi connectivity index (χ2n) is 12.5.